The Morgan fingerprint density at radius 3 is 2.75 bits per heavy atom. The summed E-state index contributed by atoms with van der Waals surface area (Å²) in [6, 6.07) is 6.54. The van der Waals surface area contributed by atoms with E-state index in [1.807, 2.05) is 0 Å². The van der Waals surface area contributed by atoms with Gasteiger partial charge in [0.2, 0.25) is 5.95 Å². The maximum atomic E-state index is 13.7. The summed E-state index contributed by atoms with van der Waals surface area (Å²) in [6.45, 7) is 1.95. The largest absolute Gasteiger partial charge is 0.462 e. The van der Waals surface area contributed by atoms with E-state index in [1.54, 1.807) is 19.1 Å². The van der Waals surface area contributed by atoms with Crippen LogP contribution in [0.3, 0.4) is 0 Å². The molecule has 0 spiro atoms. The minimum Gasteiger partial charge on any atom is -0.462 e. The van der Waals surface area contributed by atoms with Gasteiger partial charge in [0, 0.05) is 0 Å². The maximum absolute atomic E-state index is 13.7. The van der Waals surface area contributed by atoms with Gasteiger partial charge in [-0.1, -0.05) is 0 Å². The number of benzene rings is 2. The van der Waals surface area contributed by atoms with Crippen molar-refractivity contribution < 1.29 is 22.7 Å². The van der Waals surface area contributed by atoms with Crippen molar-refractivity contribution in [3.05, 3.63) is 53.3 Å². The van der Waals surface area contributed by atoms with Crippen molar-refractivity contribution in [2.45, 2.75) is 6.92 Å². The van der Waals surface area contributed by atoms with Gasteiger partial charge in [-0.25, -0.2) is 22.9 Å². The zero-order valence-corrected chi connectivity index (χ0v) is 12.5. The molecule has 0 bridgehead atoms. The first-order valence-corrected chi connectivity index (χ1v) is 7.07. The Labute approximate surface area is 134 Å². The average Bonchev–Trinajstić information content (AvgIpc) is 2.97. The molecule has 0 radical (unpaired) electrons. The van der Waals surface area contributed by atoms with Gasteiger partial charge in [-0.05, 0) is 37.3 Å². The first kappa shape index (κ1) is 15.9. The second-order valence-corrected chi connectivity index (χ2v) is 4.89. The summed E-state index contributed by atoms with van der Waals surface area (Å²) in [6.07, 6.45) is 0. The van der Waals surface area contributed by atoms with Gasteiger partial charge in [0.25, 0.3) is 0 Å². The first-order valence-electron chi connectivity index (χ1n) is 7.07. The molecule has 0 saturated heterocycles. The topological polar surface area (TPSA) is 67.0 Å². The number of fused-ring (bicyclic) bond motifs is 1. The van der Waals surface area contributed by atoms with Crippen LogP contribution >= 0.6 is 0 Å². The predicted octanol–water partition coefficient (Wildman–Crippen LogP) is 3.90. The van der Waals surface area contributed by atoms with Crippen LogP contribution in [0.25, 0.3) is 11.0 Å². The molecule has 0 aliphatic heterocycles. The van der Waals surface area contributed by atoms with Crippen LogP contribution < -0.4 is 5.32 Å². The van der Waals surface area contributed by atoms with Crippen molar-refractivity contribution >= 4 is 28.6 Å². The molecule has 0 aliphatic rings. The van der Waals surface area contributed by atoms with E-state index >= 15 is 0 Å². The zero-order chi connectivity index (χ0) is 17.3. The molecule has 124 valence electrons. The highest BCUT2D eigenvalue weighted by atomic mass is 19.2. The number of carbonyl (C=O) groups is 1. The lowest BCUT2D eigenvalue weighted by atomic mass is 10.2. The minimum atomic E-state index is -1.57. The molecule has 2 aromatic carbocycles. The molecule has 2 N–H and O–H groups in total. The standard InChI is InChI=1S/C16H12F3N3O2/c1-2-24-15(23)8-3-5-10-12(7-8)22-16(20-10)21-11-6-4-9(17)13(18)14(11)19/h3-7H,2H2,1H3,(H2,20,21,22). The molecule has 24 heavy (non-hydrogen) atoms. The Kier molecular flexibility index (Phi) is 4.11. The van der Waals surface area contributed by atoms with Gasteiger partial charge in [-0.2, -0.15) is 0 Å². The summed E-state index contributed by atoms with van der Waals surface area (Å²) in [5.41, 5.74) is 1.08. The monoisotopic (exact) mass is 335 g/mol. The molecule has 8 heteroatoms. The molecule has 5 nitrogen and oxygen atoms in total. The van der Waals surface area contributed by atoms with Gasteiger partial charge in [0.15, 0.2) is 17.5 Å². The van der Waals surface area contributed by atoms with Crippen LogP contribution in [-0.4, -0.2) is 22.5 Å². The molecule has 1 aromatic heterocycles. The molecule has 0 amide bonds. The Bertz CT molecular complexity index is 924. The van der Waals surface area contributed by atoms with E-state index in [1.165, 1.54) is 6.07 Å². The van der Waals surface area contributed by atoms with E-state index in [0.717, 1.165) is 12.1 Å². The second-order valence-electron chi connectivity index (χ2n) is 4.89. The number of aromatic amines is 1. The van der Waals surface area contributed by atoms with Gasteiger partial charge in [0.1, 0.15) is 0 Å². The summed E-state index contributed by atoms with van der Waals surface area (Å²) in [7, 11) is 0. The quantitative estimate of drug-likeness (QED) is 0.560. The lowest BCUT2D eigenvalue weighted by Gasteiger charge is -2.05. The van der Waals surface area contributed by atoms with E-state index < -0.39 is 23.4 Å². The average molecular weight is 335 g/mol. The van der Waals surface area contributed by atoms with Gasteiger partial charge in [0.05, 0.1) is 28.9 Å². The highest BCUT2D eigenvalue weighted by molar-refractivity contribution is 5.94. The predicted molar refractivity (Wildman–Crippen MR) is 81.6 cm³/mol. The number of nitrogens with zero attached hydrogens (tertiary/aromatic N) is 1. The number of halogens is 3. The van der Waals surface area contributed by atoms with Gasteiger partial charge >= 0.3 is 5.97 Å². The molecule has 3 rings (SSSR count). The SMILES string of the molecule is CCOC(=O)c1ccc2nc(Nc3ccc(F)c(F)c3F)[nH]c2c1. The normalized spacial score (nSPS) is 10.8. The Morgan fingerprint density at radius 1 is 1.21 bits per heavy atom. The summed E-state index contributed by atoms with van der Waals surface area (Å²) >= 11 is 0. The van der Waals surface area contributed by atoms with Crippen LogP contribution in [0.5, 0.6) is 0 Å². The van der Waals surface area contributed by atoms with E-state index in [9.17, 15) is 18.0 Å². The van der Waals surface area contributed by atoms with Crippen LogP contribution in [0.15, 0.2) is 30.3 Å². The van der Waals surface area contributed by atoms with Crippen molar-refractivity contribution in [3.8, 4) is 0 Å². The number of hydrogen-bond acceptors (Lipinski definition) is 4. The molecule has 0 unspecified atom stereocenters. The second kappa shape index (κ2) is 6.23. The number of esters is 1. The number of anilines is 2. The molecule has 0 saturated carbocycles. The van der Waals surface area contributed by atoms with E-state index in [-0.39, 0.29) is 18.2 Å². The van der Waals surface area contributed by atoms with Gasteiger partial charge in [-0.3, -0.25) is 0 Å². The molecular weight excluding hydrogens is 323 g/mol. The highest BCUT2D eigenvalue weighted by Crippen LogP contribution is 2.24. The number of imidazole rings is 1. The van der Waals surface area contributed by atoms with Crippen LogP contribution in [0, 0.1) is 17.5 Å². The number of H-pyrrole nitrogens is 1. The Morgan fingerprint density at radius 2 is 2.00 bits per heavy atom. The lowest BCUT2D eigenvalue weighted by Crippen LogP contribution is -2.04. The zero-order valence-electron chi connectivity index (χ0n) is 12.5. The number of carbonyl (C=O) groups excluding carboxylic acids is 1. The number of ether oxygens (including phenoxy) is 1. The van der Waals surface area contributed by atoms with E-state index in [0.29, 0.717) is 16.6 Å². The first-order chi connectivity index (χ1) is 11.5. The van der Waals surface area contributed by atoms with Crippen LogP contribution in [0.4, 0.5) is 24.8 Å². The molecule has 0 fully saturated rings. The Hall–Kier alpha value is -3.03. The molecular formula is C16H12F3N3O2. The highest BCUT2D eigenvalue weighted by Gasteiger charge is 2.15. The van der Waals surface area contributed by atoms with Crippen molar-refractivity contribution in [2.75, 3.05) is 11.9 Å². The third-order valence-electron chi connectivity index (χ3n) is 3.28. The third kappa shape index (κ3) is 2.90. The summed E-state index contributed by atoms with van der Waals surface area (Å²) in [5, 5.41) is 2.54. The number of rotatable bonds is 4. The van der Waals surface area contributed by atoms with E-state index in [2.05, 4.69) is 15.3 Å². The number of nitrogens with one attached hydrogen (secondary N) is 2. The summed E-state index contributed by atoms with van der Waals surface area (Å²) in [4.78, 5) is 18.7. The molecule has 3 aromatic rings. The van der Waals surface area contributed by atoms with Crippen LogP contribution in [-0.2, 0) is 4.74 Å². The van der Waals surface area contributed by atoms with Crippen molar-refractivity contribution in [3.63, 3.8) is 0 Å². The van der Waals surface area contributed by atoms with Gasteiger partial charge in [-0.15, -0.1) is 0 Å². The number of aromatic nitrogens is 2. The Balaban J connectivity index is 1.91. The summed E-state index contributed by atoms with van der Waals surface area (Å²) in [5.74, 6) is -4.55. The minimum absolute atomic E-state index is 0.121. The fourth-order valence-electron chi connectivity index (χ4n) is 2.16. The molecule has 0 atom stereocenters. The van der Waals surface area contributed by atoms with Crippen molar-refractivity contribution in [1.82, 2.24) is 9.97 Å². The number of hydrogen-bond donors (Lipinski definition) is 2. The lowest BCUT2D eigenvalue weighted by molar-refractivity contribution is 0.0526. The van der Waals surface area contributed by atoms with E-state index in [4.69, 9.17) is 4.74 Å². The fourth-order valence-corrected chi connectivity index (χ4v) is 2.16. The van der Waals surface area contributed by atoms with Crippen molar-refractivity contribution in [1.29, 1.82) is 0 Å². The summed E-state index contributed by atoms with van der Waals surface area (Å²) < 4.78 is 44.8. The fraction of sp³-hybridized carbons (Fsp3) is 0.125. The van der Waals surface area contributed by atoms with Gasteiger partial charge < -0.3 is 15.0 Å². The maximum Gasteiger partial charge on any atom is 0.338 e. The van der Waals surface area contributed by atoms with Crippen molar-refractivity contribution in [2.24, 2.45) is 0 Å². The van der Waals surface area contributed by atoms with Crippen LogP contribution in [0.1, 0.15) is 17.3 Å². The smallest absolute Gasteiger partial charge is 0.338 e. The molecule has 0 aliphatic carbocycles. The molecule has 1 heterocycles. The third-order valence-corrected chi connectivity index (χ3v) is 3.28. The van der Waals surface area contributed by atoms with Crippen LogP contribution in [0.2, 0.25) is 0 Å².